The van der Waals surface area contributed by atoms with Crippen molar-refractivity contribution in [3.63, 3.8) is 0 Å². The molecule has 1 aromatic heterocycles. The first-order valence-electron chi connectivity index (χ1n) is 4.76. The summed E-state index contributed by atoms with van der Waals surface area (Å²) in [6.45, 7) is 1.49. The zero-order chi connectivity index (χ0) is 11.7. The Bertz CT molecular complexity index is 494. The minimum absolute atomic E-state index is 0.0226. The van der Waals surface area contributed by atoms with Gasteiger partial charge in [-0.2, -0.15) is 0 Å². The van der Waals surface area contributed by atoms with E-state index in [0.29, 0.717) is 4.88 Å². The fourth-order valence-corrected chi connectivity index (χ4v) is 2.20. The van der Waals surface area contributed by atoms with Crippen LogP contribution in [-0.2, 0) is 0 Å². The number of aryl methyl sites for hydroxylation is 1. The number of benzene rings is 1. The first-order valence-corrected chi connectivity index (χ1v) is 5.64. The third kappa shape index (κ3) is 1.99. The molecular formula is C12H10F2OS. The summed E-state index contributed by atoms with van der Waals surface area (Å²) < 4.78 is 26.8. The van der Waals surface area contributed by atoms with Crippen molar-refractivity contribution in [2.75, 3.05) is 0 Å². The lowest BCUT2D eigenvalue weighted by Crippen LogP contribution is -2.02. The van der Waals surface area contributed by atoms with Gasteiger partial charge in [0, 0.05) is 10.4 Å². The lowest BCUT2D eigenvalue weighted by atomic mass is 10.0. The molecule has 1 aromatic carbocycles. The quantitative estimate of drug-likeness (QED) is 0.852. The van der Waals surface area contributed by atoms with E-state index in [1.165, 1.54) is 18.3 Å². The molecule has 2 aromatic rings. The van der Waals surface area contributed by atoms with Crippen LogP contribution in [0.5, 0.6) is 0 Å². The van der Waals surface area contributed by atoms with Gasteiger partial charge in [0.1, 0.15) is 17.7 Å². The van der Waals surface area contributed by atoms with Crippen LogP contribution in [0.1, 0.15) is 22.1 Å². The van der Waals surface area contributed by atoms with Crippen molar-refractivity contribution in [1.82, 2.24) is 0 Å². The summed E-state index contributed by atoms with van der Waals surface area (Å²) in [6, 6.07) is 5.59. The number of hydrogen-bond acceptors (Lipinski definition) is 2. The van der Waals surface area contributed by atoms with E-state index in [0.717, 1.165) is 12.1 Å². The smallest absolute Gasteiger partial charge is 0.129 e. The maximum absolute atomic E-state index is 13.6. The Morgan fingerprint density at radius 3 is 2.62 bits per heavy atom. The summed E-state index contributed by atoms with van der Waals surface area (Å²) in [7, 11) is 0. The summed E-state index contributed by atoms with van der Waals surface area (Å²) in [5, 5.41) is 11.7. The standard InChI is InChI=1S/C12H10F2OS/c1-7-5-10(14)8(6-9(7)13)12(15)11-3-2-4-16-11/h2-6,12,15H,1H3. The molecule has 4 heteroatoms. The Morgan fingerprint density at radius 2 is 2.00 bits per heavy atom. The van der Waals surface area contributed by atoms with Crippen LogP contribution in [0.25, 0.3) is 0 Å². The monoisotopic (exact) mass is 240 g/mol. The van der Waals surface area contributed by atoms with Crippen molar-refractivity contribution >= 4 is 11.3 Å². The summed E-state index contributed by atoms with van der Waals surface area (Å²) in [6.07, 6.45) is -1.10. The minimum Gasteiger partial charge on any atom is -0.383 e. The number of aliphatic hydroxyl groups excluding tert-OH is 1. The molecule has 1 heterocycles. The molecule has 0 fully saturated rings. The van der Waals surface area contributed by atoms with E-state index in [1.807, 2.05) is 0 Å². The van der Waals surface area contributed by atoms with Gasteiger partial charge >= 0.3 is 0 Å². The van der Waals surface area contributed by atoms with Crippen LogP contribution < -0.4 is 0 Å². The van der Waals surface area contributed by atoms with Gasteiger partial charge in [0.05, 0.1) is 0 Å². The lowest BCUT2D eigenvalue weighted by molar-refractivity contribution is 0.218. The summed E-state index contributed by atoms with van der Waals surface area (Å²) in [4.78, 5) is 0.599. The molecule has 0 aliphatic carbocycles. The third-order valence-electron chi connectivity index (χ3n) is 2.39. The number of halogens is 2. The topological polar surface area (TPSA) is 20.2 Å². The lowest BCUT2D eigenvalue weighted by Gasteiger charge is -2.11. The third-order valence-corrected chi connectivity index (χ3v) is 3.31. The second-order valence-electron chi connectivity index (χ2n) is 3.54. The van der Waals surface area contributed by atoms with Gasteiger partial charge in [-0.1, -0.05) is 6.07 Å². The Kier molecular flexibility index (Phi) is 3.03. The normalized spacial score (nSPS) is 12.8. The molecule has 1 nitrogen and oxygen atoms in total. The molecule has 0 bridgehead atoms. The fraction of sp³-hybridized carbons (Fsp3) is 0.167. The largest absolute Gasteiger partial charge is 0.383 e. The van der Waals surface area contributed by atoms with E-state index in [4.69, 9.17) is 0 Å². The van der Waals surface area contributed by atoms with Gasteiger partial charge in [-0.3, -0.25) is 0 Å². The maximum Gasteiger partial charge on any atom is 0.129 e. The van der Waals surface area contributed by atoms with E-state index in [2.05, 4.69) is 0 Å². The summed E-state index contributed by atoms with van der Waals surface area (Å²) >= 11 is 1.31. The second-order valence-corrected chi connectivity index (χ2v) is 4.52. The molecule has 1 atom stereocenters. The Labute approximate surface area is 96.0 Å². The number of aliphatic hydroxyl groups is 1. The van der Waals surface area contributed by atoms with Gasteiger partial charge in [0.15, 0.2) is 0 Å². The van der Waals surface area contributed by atoms with E-state index in [-0.39, 0.29) is 11.1 Å². The molecule has 84 valence electrons. The van der Waals surface area contributed by atoms with Gasteiger partial charge in [0.2, 0.25) is 0 Å². The molecular weight excluding hydrogens is 230 g/mol. The van der Waals surface area contributed by atoms with E-state index >= 15 is 0 Å². The Balaban J connectivity index is 2.44. The molecule has 16 heavy (non-hydrogen) atoms. The SMILES string of the molecule is Cc1cc(F)c(C(O)c2cccs2)cc1F. The first-order chi connectivity index (χ1) is 7.59. The van der Waals surface area contributed by atoms with Gasteiger partial charge < -0.3 is 5.11 Å². The van der Waals surface area contributed by atoms with Crippen molar-refractivity contribution in [3.8, 4) is 0 Å². The van der Waals surface area contributed by atoms with Crippen molar-refractivity contribution in [2.24, 2.45) is 0 Å². The summed E-state index contributed by atoms with van der Waals surface area (Å²) in [5.74, 6) is -1.09. The highest BCUT2D eigenvalue weighted by atomic mass is 32.1. The minimum atomic E-state index is -1.10. The molecule has 0 saturated heterocycles. The van der Waals surface area contributed by atoms with Crippen LogP contribution in [0.2, 0.25) is 0 Å². The van der Waals surface area contributed by atoms with Gasteiger partial charge in [-0.15, -0.1) is 11.3 Å². The molecule has 0 amide bonds. The average molecular weight is 240 g/mol. The van der Waals surface area contributed by atoms with Crippen LogP contribution in [0.3, 0.4) is 0 Å². The Hall–Kier alpha value is -1.26. The van der Waals surface area contributed by atoms with E-state index < -0.39 is 17.7 Å². The van der Waals surface area contributed by atoms with Crippen molar-refractivity contribution in [1.29, 1.82) is 0 Å². The van der Waals surface area contributed by atoms with Crippen LogP contribution in [0.4, 0.5) is 8.78 Å². The highest BCUT2D eigenvalue weighted by Gasteiger charge is 2.17. The molecule has 1 N–H and O–H groups in total. The molecule has 0 saturated carbocycles. The number of rotatable bonds is 2. The van der Waals surface area contributed by atoms with Gasteiger partial charge in [0.25, 0.3) is 0 Å². The van der Waals surface area contributed by atoms with Crippen LogP contribution in [-0.4, -0.2) is 5.11 Å². The number of hydrogen-bond donors (Lipinski definition) is 1. The van der Waals surface area contributed by atoms with Crippen LogP contribution >= 0.6 is 11.3 Å². The van der Waals surface area contributed by atoms with Crippen molar-refractivity contribution in [2.45, 2.75) is 13.0 Å². The molecule has 2 rings (SSSR count). The maximum atomic E-state index is 13.6. The van der Waals surface area contributed by atoms with E-state index in [1.54, 1.807) is 17.5 Å². The first kappa shape index (κ1) is 11.2. The molecule has 0 aliphatic rings. The average Bonchev–Trinajstić information content (AvgIpc) is 2.75. The fourth-order valence-electron chi connectivity index (χ4n) is 1.47. The van der Waals surface area contributed by atoms with E-state index in [9.17, 15) is 13.9 Å². The molecule has 1 unspecified atom stereocenters. The predicted molar refractivity (Wildman–Crippen MR) is 59.5 cm³/mol. The van der Waals surface area contributed by atoms with Gasteiger partial charge in [-0.05, 0) is 36.1 Å². The highest BCUT2D eigenvalue weighted by molar-refractivity contribution is 7.10. The number of thiophene rings is 1. The van der Waals surface area contributed by atoms with Crippen molar-refractivity contribution in [3.05, 3.63) is 57.3 Å². The van der Waals surface area contributed by atoms with Crippen LogP contribution in [0, 0.1) is 18.6 Å². The molecule has 0 aliphatic heterocycles. The zero-order valence-electron chi connectivity index (χ0n) is 8.58. The van der Waals surface area contributed by atoms with Crippen LogP contribution in [0.15, 0.2) is 29.6 Å². The summed E-state index contributed by atoms with van der Waals surface area (Å²) in [5.41, 5.74) is 0.213. The predicted octanol–water partition coefficient (Wildman–Crippen LogP) is 3.42. The molecule has 0 spiro atoms. The molecule has 0 radical (unpaired) electrons. The van der Waals surface area contributed by atoms with Crippen molar-refractivity contribution < 1.29 is 13.9 Å². The second kappa shape index (κ2) is 4.31. The zero-order valence-corrected chi connectivity index (χ0v) is 9.39. The Morgan fingerprint density at radius 1 is 1.25 bits per heavy atom. The highest BCUT2D eigenvalue weighted by Crippen LogP contribution is 2.28. The van der Waals surface area contributed by atoms with Gasteiger partial charge in [-0.25, -0.2) is 8.78 Å².